The lowest BCUT2D eigenvalue weighted by Gasteiger charge is -2.06. The Morgan fingerprint density at radius 3 is 2.91 bits per heavy atom. The van der Waals surface area contributed by atoms with E-state index in [0.717, 1.165) is 42.8 Å². The van der Waals surface area contributed by atoms with E-state index in [1.54, 1.807) is 0 Å². The number of benzene rings is 1. The van der Waals surface area contributed by atoms with Gasteiger partial charge in [-0.05, 0) is 25.0 Å². The molecule has 0 saturated heterocycles. The largest absolute Gasteiger partial charge is 0.336 e. The maximum Gasteiger partial charge on any atom is 0.234 e. The predicted molar refractivity (Wildman–Crippen MR) is 77.9 cm³/mol. The van der Waals surface area contributed by atoms with Crippen molar-refractivity contribution in [1.82, 2.24) is 14.9 Å². The van der Waals surface area contributed by atoms with Crippen LogP contribution in [0.15, 0.2) is 23.4 Å². The molecule has 1 aromatic carbocycles. The van der Waals surface area contributed by atoms with Crippen LogP contribution in [-0.4, -0.2) is 26.5 Å². The van der Waals surface area contributed by atoms with Crippen LogP contribution in [0, 0.1) is 11.6 Å². The van der Waals surface area contributed by atoms with Crippen molar-refractivity contribution in [3.63, 3.8) is 0 Å². The number of rotatable bonds is 5. The van der Waals surface area contributed by atoms with Crippen molar-refractivity contribution in [2.45, 2.75) is 23.9 Å². The summed E-state index contributed by atoms with van der Waals surface area (Å²) in [7, 11) is 0. The molecule has 1 amide bonds. The Bertz CT molecular complexity index is 716. The molecule has 1 saturated carbocycles. The van der Waals surface area contributed by atoms with E-state index in [1.807, 2.05) is 0 Å². The minimum Gasteiger partial charge on any atom is -0.336 e. The zero-order chi connectivity index (χ0) is 15.7. The van der Waals surface area contributed by atoms with E-state index < -0.39 is 17.5 Å². The highest BCUT2D eigenvalue weighted by Gasteiger charge is 2.30. The van der Waals surface area contributed by atoms with Crippen LogP contribution >= 0.6 is 11.8 Å². The molecule has 0 atom stereocenters. The van der Waals surface area contributed by atoms with Gasteiger partial charge in [-0.25, -0.2) is 13.5 Å². The van der Waals surface area contributed by atoms with E-state index >= 15 is 0 Å². The molecule has 2 aromatic rings. The molecule has 0 radical (unpaired) electrons. The van der Waals surface area contributed by atoms with Gasteiger partial charge < -0.3 is 11.2 Å². The highest BCUT2D eigenvalue weighted by atomic mass is 32.2. The van der Waals surface area contributed by atoms with Gasteiger partial charge in [-0.15, -0.1) is 10.2 Å². The van der Waals surface area contributed by atoms with Crippen LogP contribution in [0.5, 0.6) is 0 Å². The number of hydrogen-bond acceptors (Lipinski definition) is 5. The molecular formula is C13H13F2N5OS. The lowest BCUT2D eigenvalue weighted by atomic mass is 10.3. The van der Waals surface area contributed by atoms with Crippen LogP contribution in [-0.2, 0) is 4.79 Å². The maximum absolute atomic E-state index is 13.4. The van der Waals surface area contributed by atoms with Crippen LogP contribution in [0.25, 0.3) is 0 Å². The van der Waals surface area contributed by atoms with Gasteiger partial charge >= 0.3 is 0 Å². The Balaban J connectivity index is 1.59. The second-order valence-corrected chi connectivity index (χ2v) is 5.89. The number of thioether (sulfide) groups is 1. The van der Waals surface area contributed by atoms with Crippen molar-refractivity contribution >= 4 is 23.4 Å². The van der Waals surface area contributed by atoms with Crippen molar-refractivity contribution in [2.24, 2.45) is 0 Å². The Hall–Kier alpha value is -2.16. The van der Waals surface area contributed by atoms with Crippen LogP contribution in [0.3, 0.4) is 0 Å². The quantitative estimate of drug-likeness (QED) is 0.647. The van der Waals surface area contributed by atoms with Crippen molar-refractivity contribution in [3.8, 4) is 0 Å². The van der Waals surface area contributed by atoms with Gasteiger partial charge in [0.1, 0.15) is 11.6 Å². The fraction of sp³-hybridized carbons (Fsp3) is 0.308. The number of nitrogens with zero attached hydrogens (tertiary/aromatic N) is 3. The van der Waals surface area contributed by atoms with Gasteiger partial charge in [0.05, 0.1) is 11.4 Å². The average Bonchev–Trinajstić information content (AvgIpc) is 3.25. The number of hydrogen-bond donors (Lipinski definition) is 2. The van der Waals surface area contributed by atoms with E-state index in [9.17, 15) is 13.6 Å². The average molecular weight is 325 g/mol. The number of nitrogens with two attached hydrogens (primary N) is 1. The molecule has 1 aliphatic rings. The molecule has 0 aliphatic heterocycles. The Kier molecular flexibility index (Phi) is 3.97. The number of nitrogen functional groups attached to an aromatic ring is 1. The number of amides is 1. The third-order valence-corrected chi connectivity index (χ3v) is 4.11. The van der Waals surface area contributed by atoms with Crippen LogP contribution in [0.2, 0.25) is 0 Å². The van der Waals surface area contributed by atoms with Gasteiger partial charge in [0.15, 0.2) is 5.82 Å². The number of halogens is 2. The van der Waals surface area contributed by atoms with Crippen LogP contribution in [0.1, 0.15) is 24.6 Å². The van der Waals surface area contributed by atoms with Gasteiger partial charge in [-0.1, -0.05) is 11.8 Å². The van der Waals surface area contributed by atoms with E-state index in [1.165, 1.54) is 4.68 Å². The van der Waals surface area contributed by atoms with Gasteiger partial charge in [0.2, 0.25) is 11.1 Å². The molecule has 3 N–H and O–H groups in total. The van der Waals surface area contributed by atoms with Crippen LogP contribution < -0.4 is 11.2 Å². The van der Waals surface area contributed by atoms with Gasteiger partial charge in [-0.3, -0.25) is 4.79 Å². The van der Waals surface area contributed by atoms with Gasteiger partial charge in [0.25, 0.3) is 0 Å². The summed E-state index contributed by atoms with van der Waals surface area (Å²) in [6, 6.07) is 2.86. The van der Waals surface area contributed by atoms with Gasteiger partial charge in [0, 0.05) is 12.0 Å². The number of nitrogens with one attached hydrogen (secondary N) is 1. The summed E-state index contributed by atoms with van der Waals surface area (Å²) < 4.78 is 27.8. The number of carbonyl (C=O) groups is 1. The van der Waals surface area contributed by atoms with Crippen LogP contribution in [0.4, 0.5) is 14.5 Å². The lowest BCUT2D eigenvalue weighted by molar-refractivity contribution is -0.113. The molecule has 1 aromatic heterocycles. The first kappa shape index (κ1) is 14.8. The van der Waals surface area contributed by atoms with E-state index in [0.29, 0.717) is 16.9 Å². The molecule has 3 rings (SSSR count). The number of anilines is 1. The van der Waals surface area contributed by atoms with Gasteiger partial charge in [-0.2, -0.15) is 0 Å². The zero-order valence-electron chi connectivity index (χ0n) is 11.4. The fourth-order valence-corrected chi connectivity index (χ4v) is 2.58. The summed E-state index contributed by atoms with van der Waals surface area (Å²) in [5.41, 5.74) is -0.196. The standard InChI is InChI=1S/C13H13F2N5OS/c14-8-3-4-9(15)10(5-8)17-11(21)6-22-13-19-18-12(20(13)16)7-1-2-7/h3-5,7H,1-2,6,16H2,(H,17,21). The first-order chi connectivity index (χ1) is 10.5. The second-order valence-electron chi connectivity index (χ2n) is 4.95. The molecule has 0 bridgehead atoms. The SMILES string of the molecule is Nn1c(SCC(=O)Nc2cc(F)ccc2F)nnc1C1CC1. The highest BCUT2D eigenvalue weighted by Crippen LogP contribution is 2.39. The zero-order valence-corrected chi connectivity index (χ0v) is 12.2. The molecule has 6 nitrogen and oxygen atoms in total. The minimum absolute atomic E-state index is 0.0318. The Morgan fingerprint density at radius 2 is 2.18 bits per heavy atom. The van der Waals surface area contributed by atoms with Crippen molar-refractivity contribution in [1.29, 1.82) is 0 Å². The van der Waals surface area contributed by atoms with Crippen molar-refractivity contribution < 1.29 is 13.6 Å². The molecule has 1 heterocycles. The summed E-state index contributed by atoms with van der Waals surface area (Å²) in [4.78, 5) is 11.8. The summed E-state index contributed by atoms with van der Waals surface area (Å²) >= 11 is 1.09. The van der Waals surface area contributed by atoms with Crippen molar-refractivity contribution in [3.05, 3.63) is 35.7 Å². The predicted octanol–water partition coefficient (Wildman–Crippen LogP) is 1.88. The molecule has 0 spiro atoms. The summed E-state index contributed by atoms with van der Waals surface area (Å²) in [5.74, 6) is 5.08. The second kappa shape index (κ2) is 5.91. The highest BCUT2D eigenvalue weighted by molar-refractivity contribution is 7.99. The molecule has 1 fully saturated rings. The van der Waals surface area contributed by atoms with E-state index in [-0.39, 0.29) is 11.4 Å². The maximum atomic E-state index is 13.4. The molecule has 116 valence electrons. The lowest BCUT2D eigenvalue weighted by Crippen LogP contribution is -2.17. The normalized spacial score (nSPS) is 14.1. The molecule has 9 heteroatoms. The first-order valence-corrected chi connectivity index (χ1v) is 7.61. The minimum atomic E-state index is -0.697. The fourth-order valence-electron chi connectivity index (χ4n) is 1.92. The Morgan fingerprint density at radius 1 is 1.41 bits per heavy atom. The number of aromatic nitrogens is 3. The van der Waals surface area contributed by atoms with Crippen molar-refractivity contribution in [2.75, 3.05) is 16.9 Å². The molecule has 1 aliphatic carbocycles. The summed E-state index contributed by atoms with van der Waals surface area (Å²) in [5, 5.41) is 10.6. The van der Waals surface area contributed by atoms with E-state index in [4.69, 9.17) is 5.84 Å². The molecule has 0 unspecified atom stereocenters. The first-order valence-electron chi connectivity index (χ1n) is 6.62. The third-order valence-electron chi connectivity index (χ3n) is 3.17. The number of carbonyl (C=O) groups excluding carboxylic acids is 1. The summed E-state index contributed by atoms with van der Waals surface area (Å²) in [6.45, 7) is 0. The topological polar surface area (TPSA) is 85.8 Å². The Labute approximate surface area is 129 Å². The monoisotopic (exact) mass is 325 g/mol. The molecular weight excluding hydrogens is 312 g/mol. The molecule has 22 heavy (non-hydrogen) atoms. The summed E-state index contributed by atoms with van der Waals surface area (Å²) in [6.07, 6.45) is 2.08. The third kappa shape index (κ3) is 3.19. The van der Waals surface area contributed by atoms with E-state index in [2.05, 4.69) is 15.5 Å². The smallest absolute Gasteiger partial charge is 0.234 e.